The minimum Gasteiger partial charge on any atom is -0.497 e. The lowest BCUT2D eigenvalue weighted by molar-refractivity contribution is -0.189. The topological polar surface area (TPSA) is 71.2 Å². The lowest BCUT2D eigenvalue weighted by atomic mass is 10.0. The van der Waals surface area contributed by atoms with Gasteiger partial charge in [0.15, 0.2) is 11.8 Å². The molecule has 0 saturated heterocycles. The molecule has 0 unspecified atom stereocenters. The second-order valence-electron chi connectivity index (χ2n) is 8.23. The molecule has 3 heterocycles. The van der Waals surface area contributed by atoms with Crippen molar-refractivity contribution in [1.29, 1.82) is 0 Å². The maximum atomic E-state index is 13.9. The second-order valence-corrected chi connectivity index (χ2v) is 8.23. The van der Waals surface area contributed by atoms with Crippen molar-refractivity contribution in [3.8, 4) is 28.4 Å². The van der Waals surface area contributed by atoms with E-state index in [1.54, 1.807) is 29.9 Å². The van der Waals surface area contributed by atoms with Crippen molar-refractivity contribution in [1.82, 2.24) is 19.3 Å². The summed E-state index contributed by atoms with van der Waals surface area (Å²) in [6.45, 7) is 0.861. The Morgan fingerprint density at radius 2 is 1.81 bits per heavy atom. The van der Waals surface area contributed by atoms with Gasteiger partial charge in [0.25, 0.3) is 5.56 Å². The largest absolute Gasteiger partial charge is 0.497 e. The minimum atomic E-state index is -4.61. The zero-order chi connectivity index (χ0) is 28.1. The molecule has 0 saturated carbocycles. The maximum Gasteiger partial charge on any atom is 0.425 e. The van der Waals surface area contributed by atoms with Gasteiger partial charge in [-0.2, -0.15) is 23.3 Å². The molecule has 0 N–H and O–H groups in total. The Morgan fingerprint density at radius 3 is 2.53 bits per heavy atom. The van der Waals surface area contributed by atoms with Crippen LogP contribution in [0.3, 0.4) is 0 Å². The average molecular weight is 497 g/mol. The van der Waals surface area contributed by atoms with E-state index in [0.29, 0.717) is 22.2 Å². The molecule has 3 aromatic heterocycles. The van der Waals surface area contributed by atoms with Crippen molar-refractivity contribution in [3.63, 3.8) is 0 Å². The Balaban J connectivity index is 1.70. The van der Waals surface area contributed by atoms with Crippen LogP contribution in [0.25, 0.3) is 38.8 Å². The van der Waals surface area contributed by atoms with E-state index in [1.807, 2.05) is 12.3 Å². The van der Waals surface area contributed by atoms with E-state index in [4.69, 9.17) is 13.6 Å². The normalized spacial score (nSPS) is 14.3. The van der Waals surface area contributed by atoms with Crippen LogP contribution < -0.4 is 15.0 Å². The van der Waals surface area contributed by atoms with Crippen molar-refractivity contribution in [2.75, 3.05) is 7.04 Å². The van der Waals surface area contributed by atoms with Gasteiger partial charge in [-0.25, -0.2) is 0 Å². The quantitative estimate of drug-likeness (QED) is 0.331. The van der Waals surface area contributed by atoms with Crippen LogP contribution in [0.2, 0.25) is 0 Å². The Bertz CT molecular complexity index is 1750. The predicted molar refractivity (Wildman–Crippen MR) is 130 cm³/mol. The number of benzene rings is 2. The molecule has 0 amide bonds. The van der Waals surface area contributed by atoms with Gasteiger partial charge in [0.05, 0.1) is 22.4 Å². The van der Waals surface area contributed by atoms with Crippen molar-refractivity contribution in [2.45, 2.75) is 19.2 Å². The molecule has 0 spiro atoms. The number of aromatic nitrogens is 4. The fourth-order valence-corrected chi connectivity index (χ4v) is 3.91. The zero-order valence-electron chi connectivity index (χ0n) is 22.1. The molecule has 36 heavy (non-hydrogen) atoms. The fourth-order valence-electron chi connectivity index (χ4n) is 3.91. The van der Waals surface area contributed by atoms with Crippen LogP contribution >= 0.6 is 0 Å². The number of methoxy groups -OCH3 is 1. The van der Waals surface area contributed by atoms with Gasteiger partial charge in [-0.1, -0.05) is 6.07 Å². The number of hydrogen-bond donors (Lipinski definition) is 0. The molecule has 184 valence electrons. The molecule has 10 heteroatoms. The van der Waals surface area contributed by atoms with Crippen molar-refractivity contribution in [3.05, 3.63) is 77.2 Å². The molecule has 0 fully saturated rings. The second kappa shape index (κ2) is 8.71. The summed E-state index contributed by atoms with van der Waals surface area (Å²) < 4.78 is 74.0. The van der Waals surface area contributed by atoms with Crippen LogP contribution in [0.1, 0.15) is 11.0 Å². The number of fused-ring (bicyclic) bond motifs is 2. The first kappa shape index (κ1) is 19.9. The standard InChI is InChI=1S/C26H21F3N4O3/c1-15(26(27,28)29)36-23-11-5-17-13-21(16-4-10-22-18(12-16)14-32(2)31-22)25(34)33(24(17)30-23)19-6-8-20(35-3)9-7-19/h4-15H,1-3H3/t15-/m0/s1/i3D3. The van der Waals surface area contributed by atoms with Crippen LogP contribution in [0.4, 0.5) is 13.2 Å². The van der Waals surface area contributed by atoms with E-state index >= 15 is 0 Å². The molecule has 5 aromatic rings. The molecule has 5 rings (SSSR count). The third-order valence-corrected chi connectivity index (χ3v) is 5.73. The first-order valence-corrected chi connectivity index (χ1v) is 10.8. The number of alkyl halides is 3. The number of ether oxygens (including phenoxy) is 2. The fraction of sp³-hybridized carbons (Fsp3) is 0.192. The first-order valence-electron chi connectivity index (χ1n) is 12.3. The minimum absolute atomic E-state index is 0.0465. The molecular weight excluding hydrogens is 473 g/mol. The highest BCUT2D eigenvalue weighted by molar-refractivity contribution is 5.88. The summed E-state index contributed by atoms with van der Waals surface area (Å²) in [6, 6.07) is 15.5. The molecule has 0 aliphatic heterocycles. The van der Waals surface area contributed by atoms with Gasteiger partial charge in [0, 0.05) is 35.6 Å². The lowest BCUT2D eigenvalue weighted by Crippen LogP contribution is -2.31. The smallest absolute Gasteiger partial charge is 0.425 e. The van der Waals surface area contributed by atoms with E-state index in [0.717, 1.165) is 17.8 Å². The van der Waals surface area contributed by atoms with E-state index < -0.39 is 24.9 Å². The number of pyridine rings is 2. The van der Waals surface area contributed by atoms with Crippen LogP contribution in [0.15, 0.2) is 71.7 Å². The summed E-state index contributed by atoms with van der Waals surface area (Å²) in [7, 11) is -0.883. The van der Waals surface area contributed by atoms with Gasteiger partial charge in [0.1, 0.15) is 5.75 Å². The summed E-state index contributed by atoms with van der Waals surface area (Å²) in [5.41, 5.74) is 1.52. The maximum absolute atomic E-state index is 13.9. The molecule has 1 atom stereocenters. The summed E-state index contributed by atoms with van der Waals surface area (Å²) in [6.07, 6.45) is -4.91. The van der Waals surface area contributed by atoms with E-state index in [2.05, 4.69) is 10.1 Å². The van der Waals surface area contributed by atoms with Crippen LogP contribution in [-0.4, -0.2) is 38.6 Å². The third-order valence-electron chi connectivity index (χ3n) is 5.73. The predicted octanol–water partition coefficient (Wildman–Crippen LogP) is 5.28. The van der Waals surface area contributed by atoms with Gasteiger partial charge in [0.2, 0.25) is 5.88 Å². The molecule has 0 aliphatic carbocycles. The van der Waals surface area contributed by atoms with Crippen molar-refractivity contribution >= 4 is 21.9 Å². The lowest BCUT2D eigenvalue weighted by Gasteiger charge is -2.18. The highest BCUT2D eigenvalue weighted by atomic mass is 19.4. The highest BCUT2D eigenvalue weighted by Crippen LogP contribution is 2.29. The number of nitrogens with zero attached hydrogens (tertiary/aromatic N) is 4. The van der Waals surface area contributed by atoms with Gasteiger partial charge < -0.3 is 9.47 Å². The Labute approximate surface area is 207 Å². The van der Waals surface area contributed by atoms with E-state index in [-0.39, 0.29) is 17.3 Å². The summed E-state index contributed by atoms with van der Waals surface area (Å²) >= 11 is 0. The molecule has 7 nitrogen and oxygen atoms in total. The SMILES string of the molecule is [2H]C([2H])([2H])Oc1ccc(-n2c(=O)c(-c3ccc4nn(C)cc4c3)cc3ccc(O[C@@H](C)C(F)(F)F)nc32)cc1. The van der Waals surface area contributed by atoms with Crippen LogP contribution in [-0.2, 0) is 7.05 Å². The molecule has 0 bridgehead atoms. The summed E-state index contributed by atoms with van der Waals surface area (Å²) in [5.74, 6) is -0.266. The van der Waals surface area contributed by atoms with Gasteiger partial charge in [-0.3, -0.25) is 14.0 Å². The first-order chi connectivity index (χ1) is 18.3. The Morgan fingerprint density at radius 1 is 1.03 bits per heavy atom. The van der Waals surface area contributed by atoms with Gasteiger partial charge in [-0.05, 0) is 61.0 Å². The molecule has 2 aromatic carbocycles. The van der Waals surface area contributed by atoms with Gasteiger partial charge >= 0.3 is 6.18 Å². The Hall–Kier alpha value is -4.34. The molecular formula is C26H21F3N4O3. The number of aryl methyl sites for hydroxylation is 1. The molecule has 0 radical (unpaired) electrons. The highest BCUT2D eigenvalue weighted by Gasteiger charge is 2.38. The average Bonchev–Trinajstić information content (AvgIpc) is 3.22. The third kappa shape index (κ3) is 4.26. The number of rotatable bonds is 5. The zero-order valence-corrected chi connectivity index (χ0v) is 19.1. The van der Waals surface area contributed by atoms with E-state index in [1.165, 1.54) is 41.0 Å². The van der Waals surface area contributed by atoms with Gasteiger partial charge in [-0.15, -0.1) is 0 Å². The molecule has 0 aliphatic rings. The van der Waals surface area contributed by atoms with Crippen LogP contribution in [0.5, 0.6) is 11.6 Å². The van der Waals surface area contributed by atoms with Crippen molar-refractivity contribution in [2.24, 2.45) is 7.05 Å². The monoisotopic (exact) mass is 497 g/mol. The van der Waals surface area contributed by atoms with Crippen LogP contribution in [0, 0.1) is 0 Å². The summed E-state index contributed by atoms with van der Waals surface area (Å²) in [5, 5.41) is 5.63. The summed E-state index contributed by atoms with van der Waals surface area (Å²) in [4.78, 5) is 18.1. The number of halogens is 3. The van der Waals surface area contributed by atoms with E-state index in [9.17, 15) is 18.0 Å². The number of hydrogen-bond acceptors (Lipinski definition) is 5. The Kier molecular flexibility index (Phi) is 4.82. The van der Waals surface area contributed by atoms with Crippen molar-refractivity contribution < 1.29 is 26.8 Å².